The van der Waals surface area contributed by atoms with Gasteiger partial charge in [0.05, 0.1) is 29.1 Å². The summed E-state index contributed by atoms with van der Waals surface area (Å²) in [5.74, 6) is -3.27. The first-order chi connectivity index (χ1) is 23.1. The van der Waals surface area contributed by atoms with Crippen molar-refractivity contribution in [1.82, 2.24) is 4.98 Å². The number of fused-ring (bicyclic) bond motifs is 4. The van der Waals surface area contributed by atoms with Crippen LogP contribution in [0.3, 0.4) is 0 Å². The first-order valence-corrected chi connectivity index (χ1v) is 17.0. The van der Waals surface area contributed by atoms with Crippen molar-refractivity contribution in [2.24, 2.45) is 17.8 Å². The summed E-state index contributed by atoms with van der Waals surface area (Å²) in [7, 11) is 1.43. The quantitative estimate of drug-likeness (QED) is 0.130. The van der Waals surface area contributed by atoms with Crippen molar-refractivity contribution in [1.29, 1.82) is 0 Å². The van der Waals surface area contributed by atoms with E-state index in [1.54, 1.807) is 37.3 Å². The molecule has 3 aliphatic carbocycles. The molecule has 0 bridgehead atoms. The van der Waals surface area contributed by atoms with Gasteiger partial charge in [-0.1, -0.05) is 23.8 Å². The molecular weight excluding hydrogens is 744 g/mol. The molecule has 4 unspecified atom stereocenters. The number of benzene rings is 3. The Morgan fingerprint density at radius 3 is 2.46 bits per heavy atom. The van der Waals surface area contributed by atoms with Gasteiger partial charge in [0.1, 0.15) is 5.52 Å². The van der Waals surface area contributed by atoms with E-state index in [1.165, 1.54) is 18.1 Å². The number of ether oxygens (including phenoxy) is 1. The number of para-hydroxylation sites is 2. The van der Waals surface area contributed by atoms with Gasteiger partial charge >= 0.3 is 0 Å². The average molecular weight is 770 g/mol. The van der Waals surface area contributed by atoms with Gasteiger partial charge in [0, 0.05) is 32.7 Å². The van der Waals surface area contributed by atoms with E-state index < -0.39 is 23.7 Å². The number of rotatable bonds is 4. The van der Waals surface area contributed by atoms with Crippen LogP contribution in [0, 0.1) is 17.8 Å². The molecule has 2 heterocycles. The van der Waals surface area contributed by atoms with E-state index in [9.17, 15) is 24.3 Å². The Morgan fingerprint density at radius 2 is 1.73 bits per heavy atom. The van der Waals surface area contributed by atoms with Gasteiger partial charge in [-0.15, -0.1) is 0 Å². The van der Waals surface area contributed by atoms with Gasteiger partial charge in [0.15, 0.2) is 28.6 Å². The SMILES string of the molecule is COc1cc(C2C3=CCC4C(=O)N(c5ccc(-c6nc7ccccc7o6)cc5)C(=O)C4C3CC3=C2C(=O)C(C)=CC3=O)c(Br)c(Br)c1O. The third-order valence-electron chi connectivity index (χ3n) is 9.94. The lowest BCUT2D eigenvalue weighted by Crippen LogP contribution is -2.40. The fraction of sp³-hybridized carbons (Fsp3) is 0.216. The number of nitrogens with zero attached hydrogens (tertiary/aromatic N) is 2. The molecule has 1 saturated heterocycles. The predicted octanol–water partition coefficient (Wildman–Crippen LogP) is 7.37. The zero-order valence-electron chi connectivity index (χ0n) is 25.6. The number of aromatic hydroxyl groups is 1. The Morgan fingerprint density at radius 1 is 0.979 bits per heavy atom. The third-order valence-corrected chi connectivity index (χ3v) is 12.1. The molecule has 1 aliphatic heterocycles. The topological polar surface area (TPSA) is 127 Å². The summed E-state index contributed by atoms with van der Waals surface area (Å²) in [6.45, 7) is 1.62. The normalized spacial score (nSPS) is 23.6. The molecule has 4 atom stereocenters. The number of Topliss-reactive ketones (excluding diaryl/α,β-unsaturated/α-hetero) is 1. The molecule has 8 rings (SSSR count). The van der Waals surface area contributed by atoms with E-state index in [-0.39, 0.29) is 41.3 Å². The maximum Gasteiger partial charge on any atom is 0.238 e. The highest BCUT2D eigenvalue weighted by molar-refractivity contribution is 9.13. The number of amides is 2. The van der Waals surface area contributed by atoms with Crippen LogP contribution in [-0.2, 0) is 19.2 Å². The van der Waals surface area contributed by atoms with Crippen molar-refractivity contribution < 1.29 is 33.4 Å². The Labute approximate surface area is 291 Å². The van der Waals surface area contributed by atoms with Crippen LogP contribution in [0.15, 0.2) is 102 Å². The van der Waals surface area contributed by atoms with E-state index in [1.807, 2.05) is 30.3 Å². The minimum atomic E-state index is -0.734. The number of aromatic nitrogens is 1. The number of carbonyl (C=O) groups excluding carboxylic acids is 4. The van der Waals surface area contributed by atoms with Crippen molar-refractivity contribution in [3.8, 4) is 23.0 Å². The fourth-order valence-corrected chi connectivity index (χ4v) is 8.65. The number of imide groups is 1. The molecule has 1 fully saturated rings. The minimum Gasteiger partial charge on any atom is -0.503 e. The summed E-state index contributed by atoms with van der Waals surface area (Å²) in [6.07, 6.45) is 3.76. The standard InChI is InChI=1S/C37H26Br2N2O7/c1-16-13-25(42)22-14-21-19(28(30(22)33(16)43)23-15-27(47-2)34(44)32(39)31(23)38)11-12-20-29(21)37(46)41(36(20)45)18-9-7-17(8-10-18)35-40-24-5-3-4-6-26(24)48-35/h3-11,13,15,20-21,28-29,44H,12,14H2,1-2H3. The van der Waals surface area contributed by atoms with Crippen LogP contribution in [0.5, 0.6) is 11.5 Å². The predicted molar refractivity (Wildman–Crippen MR) is 183 cm³/mol. The summed E-state index contributed by atoms with van der Waals surface area (Å²) >= 11 is 7.04. The Balaban J connectivity index is 1.19. The summed E-state index contributed by atoms with van der Waals surface area (Å²) < 4.78 is 12.2. The van der Waals surface area contributed by atoms with Crippen molar-refractivity contribution in [2.45, 2.75) is 25.7 Å². The molecule has 9 nitrogen and oxygen atoms in total. The Hall–Kier alpha value is -4.61. The Kier molecular flexibility index (Phi) is 7.19. The Bertz CT molecular complexity index is 2200. The maximum absolute atomic E-state index is 14.3. The average Bonchev–Trinajstić information content (AvgIpc) is 3.64. The fourth-order valence-electron chi connectivity index (χ4n) is 7.70. The van der Waals surface area contributed by atoms with Crippen LogP contribution in [0.4, 0.5) is 5.69 Å². The maximum atomic E-state index is 14.3. The summed E-state index contributed by atoms with van der Waals surface area (Å²) in [4.78, 5) is 61.4. The lowest BCUT2D eigenvalue weighted by atomic mass is 9.59. The molecule has 0 spiro atoms. The van der Waals surface area contributed by atoms with Crippen LogP contribution in [-0.4, -0.2) is 40.6 Å². The number of phenolic OH excluding ortho intramolecular Hbond substituents is 1. The molecule has 1 aromatic heterocycles. The molecule has 2 amide bonds. The zero-order chi connectivity index (χ0) is 33.6. The highest BCUT2D eigenvalue weighted by Crippen LogP contribution is 2.58. The molecule has 0 saturated carbocycles. The number of hydrogen-bond acceptors (Lipinski definition) is 8. The second-order valence-electron chi connectivity index (χ2n) is 12.4. The van der Waals surface area contributed by atoms with E-state index in [2.05, 4.69) is 36.8 Å². The van der Waals surface area contributed by atoms with Gasteiger partial charge in [-0.2, -0.15) is 0 Å². The van der Waals surface area contributed by atoms with Gasteiger partial charge in [-0.25, -0.2) is 4.98 Å². The molecule has 4 aromatic rings. The summed E-state index contributed by atoms with van der Waals surface area (Å²) in [5, 5.41) is 10.7. The summed E-state index contributed by atoms with van der Waals surface area (Å²) in [6, 6.07) is 16.1. The monoisotopic (exact) mass is 768 g/mol. The number of hydrogen-bond donors (Lipinski definition) is 1. The number of oxazole rings is 1. The van der Waals surface area contributed by atoms with Crippen LogP contribution < -0.4 is 9.64 Å². The van der Waals surface area contributed by atoms with Gasteiger partial charge < -0.3 is 14.3 Å². The molecule has 4 aliphatic rings. The second-order valence-corrected chi connectivity index (χ2v) is 14.0. The first-order valence-electron chi connectivity index (χ1n) is 15.4. The van der Waals surface area contributed by atoms with Gasteiger partial charge in [-0.05, 0) is 112 Å². The molecule has 240 valence electrons. The van der Waals surface area contributed by atoms with Gasteiger partial charge in [0.25, 0.3) is 0 Å². The van der Waals surface area contributed by atoms with Crippen molar-refractivity contribution in [3.05, 3.63) is 104 Å². The second kappa shape index (κ2) is 11.2. The number of methoxy groups -OCH3 is 1. The zero-order valence-corrected chi connectivity index (χ0v) is 28.8. The lowest BCUT2D eigenvalue weighted by Gasteiger charge is -2.42. The van der Waals surface area contributed by atoms with E-state index in [0.717, 1.165) is 11.1 Å². The van der Waals surface area contributed by atoms with Crippen LogP contribution in [0.25, 0.3) is 22.6 Å². The summed E-state index contributed by atoms with van der Waals surface area (Å²) in [5.41, 5.74) is 4.94. The lowest BCUT2D eigenvalue weighted by molar-refractivity contribution is -0.123. The van der Waals surface area contributed by atoms with Gasteiger partial charge in [-0.3, -0.25) is 24.1 Å². The largest absolute Gasteiger partial charge is 0.503 e. The number of phenols is 1. The molecule has 11 heteroatoms. The van der Waals surface area contributed by atoms with Crippen molar-refractivity contribution in [3.63, 3.8) is 0 Å². The highest BCUT2D eigenvalue weighted by atomic mass is 79.9. The van der Waals surface area contributed by atoms with E-state index >= 15 is 0 Å². The molecule has 3 aromatic carbocycles. The van der Waals surface area contributed by atoms with E-state index in [4.69, 9.17) is 9.15 Å². The van der Waals surface area contributed by atoms with Crippen molar-refractivity contribution in [2.75, 3.05) is 12.0 Å². The van der Waals surface area contributed by atoms with Crippen LogP contribution in [0.1, 0.15) is 31.2 Å². The van der Waals surface area contributed by atoms with Crippen LogP contribution >= 0.6 is 31.9 Å². The number of carbonyl (C=O) groups is 4. The number of anilines is 1. The minimum absolute atomic E-state index is 0.121. The van der Waals surface area contributed by atoms with Gasteiger partial charge in [0.2, 0.25) is 17.7 Å². The highest BCUT2D eigenvalue weighted by Gasteiger charge is 2.57. The first kappa shape index (κ1) is 30.7. The molecule has 0 radical (unpaired) electrons. The number of halogens is 2. The third kappa shape index (κ3) is 4.43. The number of allylic oxidation sites excluding steroid dienone is 6. The molecular formula is C37H26Br2N2O7. The van der Waals surface area contributed by atoms with E-state index in [0.29, 0.717) is 60.4 Å². The molecule has 48 heavy (non-hydrogen) atoms. The van der Waals surface area contributed by atoms with Crippen LogP contribution in [0.2, 0.25) is 0 Å². The van der Waals surface area contributed by atoms with Crippen molar-refractivity contribution >= 4 is 72.0 Å². The number of ketones is 2. The smallest absolute Gasteiger partial charge is 0.238 e. The molecule has 1 N–H and O–H groups in total.